The lowest BCUT2D eigenvalue weighted by Gasteiger charge is -2.34. The Bertz CT molecular complexity index is 1570. The fraction of sp³-hybridized carbons (Fsp3) is 0.576. The minimum Gasteiger partial charge on any atom is -0.400 e. The standard InChI is InChI=1S/C33H42F3N7O3/c1-22-21-27(44)43(26-6-2-3-7-26)29-28(22)30(46-31(45)33(34,35)36)40-32(39-29)38-24-8-10-25(11-9-24)42-17-12-23(13-18-42)5-4-16-41-19-14-37-15-20-41/h8-11,21,23,26,37H,2-7,12-20H2,1H3,(H,38,39,40). The quantitative estimate of drug-likeness (QED) is 0.300. The highest BCUT2D eigenvalue weighted by atomic mass is 19.4. The van der Waals surface area contributed by atoms with Crippen LogP contribution in [0.2, 0.25) is 0 Å². The molecule has 2 N–H and O–H groups in total. The molecule has 3 aromatic rings. The van der Waals surface area contributed by atoms with Crippen LogP contribution >= 0.6 is 0 Å². The van der Waals surface area contributed by atoms with Crippen LogP contribution in [0.5, 0.6) is 5.88 Å². The molecule has 0 amide bonds. The number of nitrogens with one attached hydrogen (secondary N) is 2. The summed E-state index contributed by atoms with van der Waals surface area (Å²) in [5.41, 5.74) is 1.88. The lowest BCUT2D eigenvalue weighted by Crippen LogP contribution is -2.43. The molecular weight excluding hydrogens is 599 g/mol. The van der Waals surface area contributed by atoms with Crippen LogP contribution in [0.4, 0.5) is 30.5 Å². The highest BCUT2D eigenvalue weighted by molar-refractivity contribution is 5.89. The number of hydrogen-bond acceptors (Lipinski definition) is 9. The van der Waals surface area contributed by atoms with E-state index < -0.39 is 18.0 Å². The van der Waals surface area contributed by atoms with E-state index in [0.717, 1.165) is 89.4 Å². The molecule has 6 rings (SSSR count). The Labute approximate surface area is 266 Å². The second-order valence-corrected chi connectivity index (χ2v) is 12.7. The van der Waals surface area contributed by atoms with Crippen LogP contribution in [0.25, 0.3) is 11.0 Å². The Hall–Kier alpha value is -3.71. The largest absolute Gasteiger partial charge is 0.491 e. The van der Waals surface area contributed by atoms with Gasteiger partial charge in [0.15, 0.2) is 5.65 Å². The van der Waals surface area contributed by atoms with Gasteiger partial charge in [-0.1, -0.05) is 12.8 Å². The van der Waals surface area contributed by atoms with E-state index in [0.29, 0.717) is 11.3 Å². The van der Waals surface area contributed by atoms with Crippen LogP contribution in [0.1, 0.15) is 63.0 Å². The molecule has 1 aromatic carbocycles. The van der Waals surface area contributed by atoms with Crippen molar-refractivity contribution in [2.75, 3.05) is 56.0 Å². The summed E-state index contributed by atoms with van der Waals surface area (Å²) >= 11 is 0. The molecule has 2 aromatic heterocycles. The molecule has 0 atom stereocenters. The van der Waals surface area contributed by atoms with Gasteiger partial charge in [-0.25, -0.2) is 4.79 Å². The zero-order valence-electron chi connectivity index (χ0n) is 26.2. The fourth-order valence-corrected chi connectivity index (χ4v) is 7.07. The van der Waals surface area contributed by atoms with Crippen molar-refractivity contribution >= 4 is 34.3 Å². The molecule has 0 bridgehead atoms. The number of ether oxygens (including phenoxy) is 1. The first-order chi connectivity index (χ1) is 22.2. The molecular formula is C33H42F3N7O3. The van der Waals surface area contributed by atoms with Gasteiger partial charge in [0.1, 0.15) is 0 Å². The highest BCUT2D eigenvalue weighted by Gasteiger charge is 2.42. The maximum Gasteiger partial charge on any atom is 0.491 e. The van der Waals surface area contributed by atoms with Crippen LogP contribution in [0.3, 0.4) is 0 Å². The fourth-order valence-electron chi connectivity index (χ4n) is 7.07. The molecule has 46 heavy (non-hydrogen) atoms. The number of carbonyl (C=O) groups is 1. The normalized spacial score (nSPS) is 18.7. The first-order valence-electron chi connectivity index (χ1n) is 16.4. The number of rotatable bonds is 9. The Morgan fingerprint density at radius 1 is 1.02 bits per heavy atom. The van der Waals surface area contributed by atoms with E-state index >= 15 is 0 Å². The number of piperidine rings is 1. The van der Waals surface area contributed by atoms with Gasteiger partial charge in [-0.2, -0.15) is 23.1 Å². The van der Waals surface area contributed by atoms with Crippen LogP contribution in [-0.4, -0.2) is 77.4 Å². The predicted octanol–water partition coefficient (Wildman–Crippen LogP) is 5.33. The molecule has 1 aliphatic carbocycles. The summed E-state index contributed by atoms with van der Waals surface area (Å²) in [6.45, 7) is 9.19. The SMILES string of the molecule is Cc1cc(=O)n(C2CCCC2)c2nc(Nc3ccc(N4CCC(CCCN5CCNCC5)CC4)cc3)nc(OC(=O)C(F)(F)F)c12. The molecule has 248 valence electrons. The average Bonchev–Trinajstić information content (AvgIpc) is 3.56. The number of halogens is 3. The number of esters is 1. The molecule has 13 heteroatoms. The van der Waals surface area contributed by atoms with Gasteiger partial charge in [0.25, 0.3) is 5.56 Å². The molecule has 0 spiro atoms. The highest BCUT2D eigenvalue weighted by Crippen LogP contribution is 2.35. The number of carbonyl (C=O) groups excluding carboxylic acids is 1. The maximum atomic E-state index is 13.2. The number of benzene rings is 1. The first kappa shape index (κ1) is 32.2. The summed E-state index contributed by atoms with van der Waals surface area (Å²) in [6.07, 6.45) is 2.97. The average molecular weight is 642 g/mol. The minimum atomic E-state index is -5.21. The zero-order valence-corrected chi connectivity index (χ0v) is 26.2. The van der Waals surface area contributed by atoms with Gasteiger partial charge >= 0.3 is 12.1 Å². The molecule has 3 aliphatic rings. The van der Waals surface area contributed by atoms with Crippen LogP contribution < -0.4 is 25.8 Å². The first-order valence-corrected chi connectivity index (χ1v) is 16.4. The number of aryl methyl sites for hydroxylation is 1. The Morgan fingerprint density at radius 3 is 2.39 bits per heavy atom. The van der Waals surface area contributed by atoms with Gasteiger partial charge in [0.05, 0.1) is 5.39 Å². The predicted molar refractivity (Wildman–Crippen MR) is 171 cm³/mol. The van der Waals surface area contributed by atoms with Crippen molar-refractivity contribution in [2.24, 2.45) is 5.92 Å². The number of alkyl halides is 3. The van der Waals surface area contributed by atoms with Gasteiger partial charge in [-0.05, 0) is 87.7 Å². The van der Waals surface area contributed by atoms with E-state index in [1.807, 2.05) is 24.3 Å². The van der Waals surface area contributed by atoms with Crippen molar-refractivity contribution < 1.29 is 22.7 Å². The van der Waals surface area contributed by atoms with E-state index in [4.69, 9.17) is 4.74 Å². The van der Waals surface area contributed by atoms with Crippen molar-refractivity contribution in [1.29, 1.82) is 0 Å². The molecule has 2 saturated heterocycles. The summed E-state index contributed by atoms with van der Waals surface area (Å²) < 4.78 is 45.9. The van der Waals surface area contributed by atoms with Gasteiger partial charge in [-0.3, -0.25) is 9.36 Å². The summed E-state index contributed by atoms with van der Waals surface area (Å²) in [5, 5.41) is 6.57. The minimum absolute atomic E-state index is 0.0661. The number of fused-ring (bicyclic) bond motifs is 1. The third-order valence-electron chi connectivity index (χ3n) is 9.57. The molecule has 0 radical (unpaired) electrons. The molecule has 0 unspecified atom stereocenters. The lowest BCUT2D eigenvalue weighted by atomic mass is 9.92. The van der Waals surface area contributed by atoms with Crippen molar-refractivity contribution in [2.45, 2.75) is 70.5 Å². The Kier molecular flexibility index (Phi) is 9.78. The van der Waals surface area contributed by atoms with Crippen LogP contribution in [-0.2, 0) is 4.79 Å². The Morgan fingerprint density at radius 2 is 1.72 bits per heavy atom. The second-order valence-electron chi connectivity index (χ2n) is 12.7. The van der Waals surface area contributed by atoms with E-state index in [2.05, 4.69) is 30.4 Å². The summed E-state index contributed by atoms with van der Waals surface area (Å²) in [4.78, 5) is 38.7. The number of piperazine rings is 1. The van der Waals surface area contributed by atoms with Crippen LogP contribution in [0, 0.1) is 12.8 Å². The lowest BCUT2D eigenvalue weighted by molar-refractivity contribution is -0.189. The third-order valence-corrected chi connectivity index (χ3v) is 9.57. The van der Waals surface area contributed by atoms with Crippen molar-refractivity contribution in [3.05, 3.63) is 46.2 Å². The number of hydrogen-bond donors (Lipinski definition) is 2. The van der Waals surface area contributed by atoms with Crippen LogP contribution in [0.15, 0.2) is 35.1 Å². The number of anilines is 3. The van der Waals surface area contributed by atoms with Crippen molar-refractivity contribution in [3.8, 4) is 5.88 Å². The van der Waals surface area contributed by atoms with E-state index in [1.165, 1.54) is 30.0 Å². The van der Waals surface area contributed by atoms with Crippen molar-refractivity contribution in [3.63, 3.8) is 0 Å². The Balaban J connectivity index is 1.16. The van der Waals surface area contributed by atoms with Crippen molar-refractivity contribution in [1.82, 2.24) is 24.8 Å². The van der Waals surface area contributed by atoms with Gasteiger partial charge < -0.3 is 25.2 Å². The number of pyridine rings is 1. The molecule has 2 aliphatic heterocycles. The third kappa shape index (κ3) is 7.46. The summed E-state index contributed by atoms with van der Waals surface area (Å²) in [7, 11) is 0. The van der Waals surface area contributed by atoms with E-state index in [1.54, 1.807) is 6.92 Å². The summed E-state index contributed by atoms with van der Waals surface area (Å²) in [6, 6.07) is 8.90. The topological polar surface area (TPSA) is 105 Å². The smallest absolute Gasteiger partial charge is 0.400 e. The van der Waals surface area contributed by atoms with E-state index in [9.17, 15) is 22.8 Å². The van der Waals surface area contributed by atoms with Gasteiger partial charge in [-0.15, -0.1) is 0 Å². The van der Waals surface area contributed by atoms with Gasteiger partial charge in [0.2, 0.25) is 11.8 Å². The second kappa shape index (κ2) is 14.0. The molecule has 10 nitrogen and oxygen atoms in total. The molecule has 1 saturated carbocycles. The molecule has 4 heterocycles. The van der Waals surface area contributed by atoms with E-state index in [-0.39, 0.29) is 28.6 Å². The monoisotopic (exact) mass is 641 g/mol. The zero-order chi connectivity index (χ0) is 32.3. The number of aromatic nitrogens is 3. The van der Waals surface area contributed by atoms with Gasteiger partial charge in [0, 0.05) is 62.8 Å². The summed E-state index contributed by atoms with van der Waals surface area (Å²) in [5.74, 6) is -2.24. The number of nitrogens with zero attached hydrogens (tertiary/aromatic N) is 5. The maximum absolute atomic E-state index is 13.2. The molecule has 3 fully saturated rings.